The molecule has 1 aromatic carbocycles. The molecule has 1 aromatic rings. The standard InChI is InChI=1S/C13H15N3O6S/c1-23(21,22)16-8-7-15(13(16)20)12(19)14-10(11(17)18)9-5-3-2-4-6-9/h2-6,10H,7-8H2,1H3,(H,14,19)(H,17,18)/t10-/m1/s1. The average molecular weight is 341 g/mol. The Labute approximate surface area is 132 Å². The molecule has 0 radical (unpaired) electrons. The smallest absolute Gasteiger partial charge is 0.341 e. The van der Waals surface area contributed by atoms with E-state index in [2.05, 4.69) is 5.32 Å². The summed E-state index contributed by atoms with van der Waals surface area (Å²) in [5, 5.41) is 11.5. The van der Waals surface area contributed by atoms with Gasteiger partial charge >= 0.3 is 18.0 Å². The fourth-order valence-electron chi connectivity index (χ4n) is 2.15. The van der Waals surface area contributed by atoms with Crippen molar-refractivity contribution in [1.29, 1.82) is 0 Å². The summed E-state index contributed by atoms with van der Waals surface area (Å²) in [6.07, 6.45) is 0.857. The highest BCUT2D eigenvalue weighted by atomic mass is 32.2. The number of carboxylic acids is 1. The van der Waals surface area contributed by atoms with Gasteiger partial charge in [0, 0.05) is 0 Å². The van der Waals surface area contributed by atoms with Crippen LogP contribution in [0.5, 0.6) is 0 Å². The fraction of sp³-hybridized carbons (Fsp3) is 0.308. The van der Waals surface area contributed by atoms with Gasteiger partial charge in [0.1, 0.15) is 0 Å². The number of carboxylic acid groups (broad SMARTS) is 1. The summed E-state index contributed by atoms with van der Waals surface area (Å²) >= 11 is 0. The third-order valence-corrected chi connectivity index (χ3v) is 4.40. The van der Waals surface area contributed by atoms with Crippen LogP contribution in [0.4, 0.5) is 9.59 Å². The first-order valence-electron chi connectivity index (χ1n) is 6.59. The van der Waals surface area contributed by atoms with E-state index in [9.17, 15) is 27.9 Å². The van der Waals surface area contributed by atoms with Crippen molar-refractivity contribution in [1.82, 2.24) is 14.5 Å². The summed E-state index contributed by atoms with van der Waals surface area (Å²) in [4.78, 5) is 36.1. The molecular weight excluding hydrogens is 326 g/mol. The van der Waals surface area contributed by atoms with Crippen LogP contribution in [-0.4, -0.2) is 60.1 Å². The monoisotopic (exact) mass is 341 g/mol. The van der Waals surface area contributed by atoms with Gasteiger partial charge in [-0.1, -0.05) is 30.3 Å². The van der Waals surface area contributed by atoms with Crippen molar-refractivity contribution < 1.29 is 27.9 Å². The van der Waals surface area contributed by atoms with E-state index in [0.29, 0.717) is 14.8 Å². The largest absolute Gasteiger partial charge is 0.479 e. The molecule has 1 aliphatic heterocycles. The maximum atomic E-state index is 12.1. The van der Waals surface area contributed by atoms with E-state index >= 15 is 0 Å². The number of aliphatic carboxylic acids is 1. The average Bonchev–Trinajstić information content (AvgIpc) is 2.87. The van der Waals surface area contributed by atoms with Crippen LogP contribution >= 0.6 is 0 Å². The number of carbonyl (C=O) groups excluding carboxylic acids is 2. The van der Waals surface area contributed by atoms with Crippen LogP contribution in [0, 0.1) is 0 Å². The minimum absolute atomic E-state index is 0.140. The summed E-state index contributed by atoms with van der Waals surface area (Å²) in [5.41, 5.74) is 0.333. The minimum atomic E-state index is -3.77. The van der Waals surface area contributed by atoms with Gasteiger partial charge < -0.3 is 10.4 Å². The van der Waals surface area contributed by atoms with Crippen LogP contribution in [0.1, 0.15) is 11.6 Å². The van der Waals surface area contributed by atoms with Crippen molar-refractivity contribution >= 4 is 28.1 Å². The predicted octanol–water partition coefficient (Wildman–Crippen LogP) is 0.219. The normalized spacial score (nSPS) is 16.3. The SMILES string of the molecule is CS(=O)(=O)N1CCN(C(=O)N[C@@H](C(=O)O)c2ccccc2)C1=O. The number of sulfonamides is 1. The van der Waals surface area contributed by atoms with Crippen LogP contribution < -0.4 is 5.32 Å². The van der Waals surface area contributed by atoms with Crippen molar-refractivity contribution in [2.75, 3.05) is 19.3 Å². The number of nitrogens with one attached hydrogen (secondary N) is 1. The number of rotatable bonds is 4. The third kappa shape index (κ3) is 3.59. The molecule has 0 aliphatic carbocycles. The first-order valence-corrected chi connectivity index (χ1v) is 8.44. The molecule has 1 heterocycles. The number of amides is 4. The lowest BCUT2D eigenvalue weighted by molar-refractivity contribution is -0.139. The Morgan fingerprint density at radius 1 is 1.22 bits per heavy atom. The quantitative estimate of drug-likeness (QED) is 0.807. The van der Waals surface area contributed by atoms with Crippen LogP contribution in [0.2, 0.25) is 0 Å². The molecule has 0 bridgehead atoms. The molecule has 4 amide bonds. The van der Waals surface area contributed by atoms with E-state index in [4.69, 9.17) is 0 Å². The minimum Gasteiger partial charge on any atom is -0.479 e. The summed E-state index contributed by atoms with van der Waals surface area (Å²) in [6, 6.07) is 4.66. The Hall–Kier alpha value is -2.62. The van der Waals surface area contributed by atoms with E-state index in [1.807, 2.05) is 0 Å². The van der Waals surface area contributed by atoms with Gasteiger partial charge in [-0.2, -0.15) is 0 Å². The Morgan fingerprint density at radius 2 is 1.83 bits per heavy atom. The number of urea groups is 2. The zero-order valence-electron chi connectivity index (χ0n) is 12.2. The molecule has 124 valence electrons. The van der Waals surface area contributed by atoms with Gasteiger partial charge in [-0.25, -0.2) is 32.0 Å². The van der Waals surface area contributed by atoms with Gasteiger partial charge in [0.25, 0.3) is 0 Å². The summed E-state index contributed by atoms with van der Waals surface area (Å²) in [6.45, 7) is -0.299. The maximum absolute atomic E-state index is 12.1. The van der Waals surface area contributed by atoms with Crippen molar-refractivity contribution in [3.8, 4) is 0 Å². The molecular formula is C13H15N3O6S. The molecule has 0 saturated carbocycles. The zero-order chi connectivity index (χ0) is 17.2. The van der Waals surface area contributed by atoms with Gasteiger partial charge in [-0.05, 0) is 5.56 Å². The first kappa shape index (κ1) is 16.7. The number of carbonyl (C=O) groups is 3. The maximum Gasteiger partial charge on any atom is 0.341 e. The lowest BCUT2D eigenvalue weighted by atomic mass is 10.1. The van der Waals surface area contributed by atoms with E-state index < -0.39 is 34.1 Å². The fourth-order valence-corrected chi connectivity index (χ4v) is 2.94. The highest BCUT2D eigenvalue weighted by molar-refractivity contribution is 7.88. The highest BCUT2D eigenvalue weighted by Crippen LogP contribution is 2.16. The Bertz CT molecular complexity index is 733. The Morgan fingerprint density at radius 3 is 2.30 bits per heavy atom. The Balaban J connectivity index is 2.15. The Kier molecular flexibility index (Phi) is 4.55. The number of hydrogen-bond acceptors (Lipinski definition) is 5. The number of hydrogen-bond donors (Lipinski definition) is 2. The molecule has 0 unspecified atom stereocenters. The third-order valence-electron chi connectivity index (χ3n) is 3.26. The second kappa shape index (κ2) is 6.24. The van der Waals surface area contributed by atoms with Crippen molar-refractivity contribution in [3.63, 3.8) is 0 Å². The van der Waals surface area contributed by atoms with Gasteiger partial charge in [0.2, 0.25) is 10.0 Å². The van der Waals surface area contributed by atoms with Gasteiger partial charge in [-0.3, -0.25) is 0 Å². The summed E-state index contributed by atoms with van der Waals surface area (Å²) < 4.78 is 23.4. The van der Waals surface area contributed by atoms with Crippen LogP contribution in [0.3, 0.4) is 0 Å². The summed E-state index contributed by atoms with van der Waals surface area (Å²) in [7, 11) is -3.77. The van der Waals surface area contributed by atoms with Crippen molar-refractivity contribution in [2.24, 2.45) is 0 Å². The van der Waals surface area contributed by atoms with Crippen LogP contribution in [-0.2, 0) is 14.8 Å². The van der Waals surface area contributed by atoms with Gasteiger partial charge in [0.05, 0.1) is 19.3 Å². The predicted molar refractivity (Wildman–Crippen MR) is 79.0 cm³/mol. The molecule has 10 heteroatoms. The van der Waals surface area contributed by atoms with Gasteiger partial charge in [0.15, 0.2) is 6.04 Å². The second-order valence-electron chi connectivity index (χ2n) is 4.90. The summed E-state index contributed by atoms with van der Waals surface area (Å²) in [5.74, 6) is -1.30. The number of benzene rings is 1. The molecule has 0 spiro atoms. The molecule has 1 atom stereocenters. The molecule has 1 fully saturated rings. The van der Waals surface area contributed by atoms with Crippen LogP contribution in [0.15, 0.2) is 30.3 Å². The molecule has 2 rings (SSSR count). The van der Waals surface area contributed by atoms with E-state index in [1.54, 1.807) is 18.2 Å². The second-order valence-corrected chi connectivity index (χ2v) is 6.81. The molecule has 1 saturated heterocycles. The number of imide groups is 1. The molecule has 0 aromatic heterocycles. The molecule has 9 nitrogen and oxygen atoms in total. The van der Waals surface area contributed by atoms with E-state index in [0.717, 1.165) is 6.26 Å². The van der Waals surface area contributed by atoms with Crippen LogP contribution in [0.25, 0.3) is 0 Å². The number of nitrogens with zero attached hydrogens (tertiary/aromatic N) is 2. The van der Waals surface area contributed by atoms with Gasteiger partial charge in [-0.15, -0.1) is 0 Å². The first-order chi connectivity index (χ1) is 10.7. The van der Waals surface area contributed by atoms with Crippen molar-refractivity contribution in [2.45, 2.75) is 6.04 Å². The van der Waals surface area contributed by atoms with E-state index in [1.165, 1.54) is 12.1 Å². The van der Waals surface area contributed by atoms with Crippen molar-refractivity contribution in [3.05, 3.63) is 35.9 Å². The van der Waals surface area contributed by atoms with E-state index in [-0.39, 0.29) is 13.1 Å². The lowest BCUT2D eigenvalue weighted by Gasteiger charge is -2.20. The highest BCUT2D eigenvalue weighted by Gasteiger charge is 2.39. The molecule has 23 heavy (non-hydrogen) atoms. The topological polar surface area (TPSA) is 124 Å². The molecule has 2 N–H and O–H groups in total. The molecule has 1 aliphatic rings. The lowest BCUT2D eigenvalue weighted by Crippen LogP contribution is -2.46. The zero-order valence-corrected chi connectivity index (χ0v) is 13.0.